The zero-order valence-corrected chi connectivity index (χ0v) is 24.2. The summed E-state index contributed by atoms with van der Waals surface area (Å²) in [7, 11) is 0. The summed E-state index contributed by atoms with van der Waals surface area (Å²) in [4.78, 5) is 10.3. The first-order valence-corrected chi connectivity index (χ1v) is 11.4. The maximum Gasteiger partial charge on any atom is 2.00 e. The molecule has 2 aromatic rings. The van der Waals surface area contributed by atoms with Crippen LogP contribution in [0.5, 0.6) is 0 Å². The summed E-state index contributed by atoms with van der Waals surface area (Å²) < 4.78 is 0. The minimum atomic E-state index is 0. The van der Waals surface area contributed by atoms with Crippen molar-refractivity contribution in [3.8, 4) is 0 Å². The van der Waals surface area contributed by atoms with Gasteiger partial charge in [0.25, 0.3) is 0 Å². The van der Waals surface area contributed by atoms with Crippen LogP contribution in [0.1, 0.15) is 115 Å². The number of para-hydroxylation sites is 2. The predicted molar refractivity (Wildman–Crippen MR) is 135 cm³/mol. The zero-order chi connectivity index (χ0) is 22.6. The largest absolute Gasteiger partial charge is 2.00 e. The Morgan fingerprint density at radius 3 is 0.909 bits per heavy atom. The smallest absolute Gasteiger partial charge is 1.00 e. The summed E-state index contributed by atoms with van der Waals surface area (Å²) in [6.45, 7) is 22.1. The Balaban J connectivity index is 0. The van der Waals surface area contributed by atoms with E-state index in [1.807, 2.05) is 0 Å². The van der Waals surface area contributed by atoms with Gasteiger partial charge >= 0.3 is 16.5 Å². The first-order chi connectivity index (χ1) is 14.0. The van der Waals surface area contributed by atoms with E-state index in [0.717, 1.165) is 22.8 Å². The van der Waals surface area contributed by atoms with Crippen molar-refractivity contribution in [2.45, 2.75) is 92.9 Å². The summed E-state index contributed by atoms with van der Waals surface area (Å²) in [6.07, 6.45) is 0. The van der Waals surface area contributed by atoms with Gasteiger partial charge in [-0.25, -0.2) is 0 Å². The Bertz CT molecular complexity index is 815. The summed E-state index contributed by atoms with van der Waals surface area (Å²) >= 11 is 0. The third-order valence-electron chi connectivity index (χ3n) is 5.77. The van der Waals surface area contributed by atoms with E-state index in [9.17, 15) is 0 Å². The van der Waals surface area contributed by atoms with Gasteiger partial charge in [0.15, 0.2) is 0 Å². The van der Waals surface area contributed by atoms with Crippen LogP contribution in [0.2, 0.25) is 0 Å². The van der Waals surface area contributed by atoms with Gasteiger partial charge in [0.1, 0.15) is 0 Å². The predicted octanol–water partition coefficient (Wildman–Crippen LogP) is 3.07. The first-order valence-electron chi connectivity index (χ1n) is 11.4. The fourth-order valence-corrected chi connectivity index (χ4v) is 3.78. The Morgan fingerprint density at radius 1 is 0.515 bits per heavy atom. The van der Waals surface area contributed by atoms with Crippen molar-refractivity contribution in [2.75, 3.05) is 0 Å². The molecule has 33 heavy (non-hydrogen) atoms. The van der Waals surface area contributed by atoms with E-state index in [2.05, 4.69) is 106 Å². The Kier molecular flexibility index (Phi) is 15.4. The summed E-state index contributed by atoms with van der Waals surface area (Å²) in [5.74, 6) is 1.73. The number of halogens is 2. The third-order valence-corrected chi connectivity index (χ3v) is 5.77. The van der Waals surface area contributed by atoms with E-state index in [0.29, 0.717) is 23.7 Å². The number of aliphatic imine (C=N–C) groups is 2. The normalized spacial score (nSPS) is 12.1. The third kappa shape index (κ3) is 8.54. The molecule has 2 nitrogen and oxygen atoms in total. The van der Waals surface area contributed by atoms with Crippen LogP contribution >= 0.6 is 0 Å². The minimum absolute atomic E-state index is 0. The van der Waals surface area contributed by atoms with Crippen molar-refractivity contribution in [3.05, 3.63) is 58.7 Å². The second-order valence-corrected chi connectivity index (χ2v) is 9.58. The average molecular weight is 534 g/mol. The van der Waals surface area contributed by atoms with Gasteiger partial charge in [-0.1, -0.05) is 91.8 Å². The molecule has 2 rings (SSSR count). The molecule has 0 radical (unpaired) electrons. The number of hydrogen-bond acceptors (Lipinski definition) is 2. The van der Waals surface area contributed by atoms with E-state index >= 15 is 0 Å². The molecule has 186 valence electrons. The van der Waals surface area contributed by atoms with Gasteiger partial charge in [-0.3, -0.25) is 9.98 Å². The maximum absolute atomic E-state index is 5.13. The molecule has 2 aromatic carbocycles. The minimum Gasteiger partial charge on any atom is -1.00 e. The van der Waals surface area contributed by atoms with Crippen LogP contribution in [0.3, 0.4) is 0 Å². The standard InChI is InChI=1S/C28H40N2.2ClH.Ni/c1-17(2)23-13-11-14-24(18(3)4)27(23)29-21(9)22(10)30-28-25(19(5)6)15-12-16-26(28)20(7)8;;;/h11-20H,1-10H3;2*1H;/q;;;+2/p-2/b29-21+,30-22+;;;. The molecule has 0 N–H and O–H groups in total. The molecule has 0 heterocycles. The monoisotopic (exact) mass is 532 g/mol. The van der Waals surface area contributed by atoms with E-state index in [-0.39, 0.29) is 41.3 Å². The zero-order valence-electron chi connectivity index (χ0n) is 21.7. The second-order valence-electron chi connectivity index (χ2n) is 9.58. The van der Waals surface area contributed by atoms with Crippen LogP contribution in [0.4, 0.5) is 11.4 Å². The SMILES string of the molecule is CC(=N\c1c(C(C)C)cccc1C(C)C)/C(C)=N/c1c(C(C)C)cccc1C(C)C.[Cl-].[Cl-].[Ni+2]. The summed E-state index contributed by atoms with van der Waals surface area (Å²) in [5.41, 5.74) is 9.43. The van der Waals surface area contributed by atoms with E-state index in [4.69, 9.17) is 9.98 Å². The number of hydrogen-bond donors (Lipinski definition) is 0. The molecular weight excluding hydrogens is 494 g/mol. The quantitative estimate of drug-likeness (QED) is 0.386. The molecule has 0 atom stereocenters. The van der Waals surface area contributed by atoms with Crippen LogP contribution in [0.15, 0.2) is 46.4 Å². The molecule has 0 aliphatic carbocycles. The van der Waals surface area contributed by atoms with Crippen molar-refractivity contribution >= 4 is 22.8 Å². The van der Waals surface area contributed by atoms with Gasteiger partial charge in [-0.05, 0) is 59.8 Å². The van der Waals surface area contributed by atoms with Crippen LogP contribution in [0, 0.1) is 0 Å². The Morgan fingerprint density at radius 2 is 0.727 bits per heavy atom. The second kappa shape index (κ2) is 15.0. The molecule has 0 fully saturated rings. The van der Waals surface area contributed by atoms with Crippen molar-refractivity contribution in [1.82, 2.24) is 0 Å². The van der Waals surface area contributed by atoms with Crippen LogP contribution in [0.25, 0.3) is 0 Å². The maximum atomic E-state index is 5.13. The van der Waals surface area contributed by atoms with Gasteiger partial charge in [0, 0.05) is 0 Å². The van der Waals surface area contributed by atoms with Crippen molar-refractivity contribution in [1.29, 1.82) is 0 Å². The number of benzene rings is 2. The van der Waals surface area contributed by atoms with Gasteiger partial charge in [0.2, 0.25) is 0 Å². The molecule has 5 heteroatoms. The summed E-state index contributed by atoms with van der Waals surface area (Å²) in [6, 6.07) is 13.2. The van der Waals surface area contributed by atoms with Crippen LogP contribution in [-0.2, 0) is 16.5 Å². The molecule has 0 amide bonds. The topological polar surface area (TPSA) is 24.7 Å². The molecule has 0 aliphatic heterocycles. The fraction of sp³-hybridized carbons (Fsp3) is 0.500. The van der Waals surface area contributed by atoms with Gasteiger partial charge in [0.05, 0.1) is 22.8 Å². The molecular formula is C28H40Cl2N2Ni. The molecule has 0 aliphatic rings. The molecule has 0 spiro atoms. The molecule has 0 saturated carbocycles. The van der Waals surface area contributed by atoms with Gasteiger partial charge in [-0.2, -0.15) is 0 Å². The van der Waals surface area contributed by atoms with E-state index in [1.165, 1.54) is 22.3 Å². The van der Waals surface area contributed by atoms with E-state index < -0.39 is 0 Å². The molecule has 0 aromatic heterocycles. The molecule has 0 unspecified atom stereocenters. The van der Waals surface area contributed by atoms with Crippen molar-refractivity contribution in [3.63, 3.8) is 0 Å². The first kappa shape index (κ1) is 34.0. The van der Waals surface area contributed by atoms with Crippen LogP contribution < -0.4 is 24.8 Å². The average Bonchev–Trinajstić information content (AvgIpc) is 2.67. The van der Waals surface area contributed by atoms with E-state index in [1.54, 1.807) is 0 Å². The fourth-order valence-electron chi connectivity index (χ4n) is 3.78. The Labute approximate surface area is 224 Å². The molecule has 0 saturated heterocycles. The number of nitrogens with zero attached hydrogens (tertiary/aromatic N) is 2. The van der Waals surface area contributed by atoms with Gasteiger partial charge < -0.3 is 24.8 Å². The summed E-state index contributed by atoms with van der Waals surface area (Å²) in [5, 5.41) is 0. The van der Waals surface area contributed by atoms with Crippen LogP contribution in [-0.4, -0.2) is 11.4 Å². The molecule has 0 bridgehead atoms. The van der Waals surface area contributed by atoms with Crippen molar-refractivity contribution in [2.24, 2.45) is 9.98 Å². The number of rotatable bonds is 7. The van der Waals surface area contributed by atoms with Gasteiger partial charge in [-0.15, -0.1) is 0 Å². The Hall–Kier alpha value is -1.15. The van der Waals surface area contributed by atoms with Crippen molar-refractivity contribution < 1.29 is 41.3 Å².